The van der Waals surface area contributed by atoms with Crippen LogP contribution < -0.4 is 10.1 Å². The normalized spacial score (nSPS) is 23.1. The summed E-state index contributed by atoms with van der Waals surface area (Å²) in [4.78, 5) is 16.4. The second-order valence-electron chi connectivity index (χ2n) is 8.93. The number of benzene rings is 2. The highest BCUT2D eigenvalue weighted by Gasteiger charge is 2.47. The maximum absolute atomic E-state index is 12.4. The number of nitrogens with zero attached hydrogens (tertiary/aromatic N) is 4. The third-order valence-corrected chi connectivity index (χ3v) is 6.43. The summed E-state index contributed by atoms with van der Waals surface area (Å²) in [5.41, 5.74) is 1.46. The fourth-order valence-electron chi connectivity index (χ4n) is 5.20. The zero-order valence-corrected chi connectivity index (χ0v) is 18.4. The van der Waals surface area contributed by atoms with Crippen LogP contribution in [0.25, 0.3) is 0 Å². The maximum atomic E-state index is 12.4. The number of amides is 2. The third-order valence-electron chi connectivity index (χ3n) is 6.43. The lowest BCUT2D eigenvalue weighted by Crippen LogP contribution is -2.63. The van der Waals surface area contributed by atoms with Crippen LogP contribution in [0.4, 0.5) is 4.79 Å². The molecule has 33 heavy (non-hydrogen) atoms. The molecule has 2 saturated heterocycles. The van der Waals surface area contributed by atoms with E-state index in [-0.39, 0.29) is 24.0 Å². The standard InChI is InChI=1S/C25H27N5O3/c26-11-19-6-8-23(9-7-19)33-15-22(31)14-29-12-20-10-25(16-29,21-4-2-1-3-5-21)17-30(13-20)24(32)28-18-27/h1-9,20,22,31H,10,12-17H2,(H,28,32). The number of nitriles is 2. The Morgan fingerprint density at radius 3 is 2.61 bits per heavy atom. The van der Waals surface area contributed by atoms with Gasteiger partial charge in [-0.15, -0.1) is 0 Å². The van der Waals surface area contributed by atoms with E-state index in [1.807, 2.05) is 18.2 Å². The van der Waals surface area contributed by atoms with Gasteiger partial charge in [-0.3, -0.25) is 4.90 Å². The van der Waals surface area contributed by atoms with Crippen LogP contribution in [0.2, 0.25) is 0 Å². The minimum Gasteiger partial charge on any atom is -0.491 e. The smallest absolute Gasteiger partial charge is 0.330 e. The quantitative estimate of drug-likeness (QED) is 0.520. The van der Waals surface area contributed by atoms with E-state index in [9.17, 15) is 9.90 Å². The molecule has 0 saturated carbocycles. The van der Waals surface area contributed by atoms with Crippen molar-refractivity contribution in [2.75, 3.05) is 39.3 Å². The van der Waals surface area contributed by atoms with Crippen LogP contribution in [-0.4, -0.2) is 66.4 Å². The molecule has 2 aromatic rings. The molecule has 0 radical (unpaired) electrons. The number of piperidine rings is 2. The van der Waals surface area contributed by atoms with Gasteiger partial charge in [-0.2, -0.15) is 10.5 Å². The summed E-state index contributed by atoms with van der Waals surface area (Å²) in [5, 5.41) is 30.7. The summed E-state index contributed by atoms with van der Waals surface area (Å²) in [6, 6.07) is 18.7. The van der Waals surface area contributed by atoms with Gasteiger partial charge in [-0.05, 0) is 42.2 Å². The Balaban J connectivity index is 1.43. The molecule has 2 aromatic carbocycles. The molecule has 8 heteroatoms. The van der Waals surface area contributed by atoms with Crippen LogP contribution >= 0.6 is 0 Å². The molecule has 2 amide bonds. The molecule has 4 rings (SSSR count). The highest BCUT2D eigenvalue weighted by molar-refractivity contribution is 5.76. The maximum Gasteiger partial charge on any atom is 0.330 e. The number of hydrogen-bond acceptors (Lipinski definition) is 6. The lowest BCUT2D eigenvalue weighted by Gasteiger charge is -2.53. The van der Waals surface area contributed by atoms with Gasteiger partial charge in [0.1, 0.15) is 18.5 Å². The van der Waals surface area contributed by atoms with Gasteiger partial charge in [0.2, 0.25) is 0 Å². The van der Waals surface area contributed by atoms with Crippen LogP contribution in [0.15, 0.2) is 54.6 Å². The van der Waals surface area contributed by atoms with Crippen molar-refractivity contribution < 1.29 is 14.6 Å². The Labute approximate surface area is 193 Å². The number of nitrogens with one attached hydrogen (secondary N) is 1. The lowest BCUT2D eigenvalue weighted by atomic mass is 9.67. The molecular weight excluding hydrogens is 418 g/mol. The number of hydrogen-bond donors (Lipinski definition) is 2. The van der Waals surface area contributed by atoms with Crippen molar-refractivity contribution in [2.45, 2.75) is 17.9 Å². The first-order valence-electron chi connectivity index (χ1n) is 11.0. The van der Waals surface area contributed by atoms with Gasteiger partial charge < -0.3 is 14.7 Å². The molecule has 0 spiro atoms. The van der Waals surface area contributed by atoms with E-state index in [0.29, 0.717) is 37.5 Å². The molecule has 0 aliphatic carbocycles. The minimum absolute atomic E-state index is 0.155. The number of aliphatic hydroxyl groups excluding tert-OH is 1. The zero-order valence-electron chi connectivity index (χ0n) is 18.4. The molecule has 8 nitrogen and oxygen atoms in total. The Bertz CT molecular complexity index is 1050. The zero-order chi connectivity index (χ0) is 23.3. The monoisotopic (exact) mass is 445 g/mol. The fourth-order valence-corrected chi connectivity index (χ4v) is 5.20. The summed E-state index contributed by atoms with van der Waals surface area (Å²) in [6.45, 7) is 3.19. The number of carbonyl (C=O) groups is 1. The van der Waals surface area contributed by atoms with Crippen LogP contribution in [0.3, 0.4) is 0 Å². The van der Waals surface area contributed by atoms with Gasteiger partial charge in [0, 0.05) is 38.1 Å². The predicted molar refractivity (Wildman–Crippen MR) is 121 cm³/mol. The number of carbonyl (C=O) groups excluding carboxylic acids is 1. The Kier molecular flexibility index (Phi) is 6.79. The molecule has 0 aromatic heterocycles. The van der Waals surface area contributed by atoms with Gasteiger partial charge in [0.05, 0.1) is 11.6 Å². The molecule has 2 bridgehead atoms. The number of fused-ring (bicyclic) bond motifs is 2. The number of β-amino-alcohol motifs (C(OH)–C–C–N with tert-alkyl or cyclic N) is 1. The van der Waals surface area contributed by atoms with Crippen molar-refractivity contribution >= 4 is 6.03 Å². The van der Waals surface area contributed by atoms with Gasteiger partial charge in [-0.25, -0.2) is 10.1 Å². The Morgan fingerprint density at radius 2 is 1.91 bits per heavy atom. The molecule has 2 heterocycles. The van der Waals surface area contributed by atoms with Gasteiger partial charge in [-0.1, -0.05) is 30.3 Å². The number of ether oxygens (including phenoxy) is 1. The topological polar surface area (TPSA) is 113 Å². The molecule has 2 fully saturated rings. The molecule has 2 N–H and O–H groups in total. The SMILES string of the molecule is N#CNC(=O)N1CC2CN(CC(O)COc3ccc(C#N)cc3)CC(c3ccccc3)(C2)C1. The number of rotatable bonds is 6. The Hall–Kier alpha value is -3.59. The van der Waals surface area contributed by atoms with E-state index in [1.165, 1.54) is 0 Å². The average Bonchev–Trinajstić information content (AvgIpc) is 2.83. The highest BCUT2D eigenvalue weighted by Crippen LogP contribution is 2.41. The average molecular weight is 446 g/mol. The summed E-state index contributed by atoms with van der Waals surface area (Å²) in [5.74, 6) is 0.854. The van der Waals surface area contributed by atoms with Crippen LogP contribution in [0.5, 0.6) is 5.75 Å². The molecule has 170 valence electrons. The largest absolute Gasteiger partial charge is 0.491 e. The van der Waals surface area contributed by atoms with Crippen molar-refractivity contribution in [3.05, 3.63) is 65.7 Å². The summed E-state index contributed by atoms with van der Waals surface area (Å²) in [6.07, 6.45) is 2.02. The first kappa shape index (κ1) is 22.6. The number of likely N-dealkylation sites (tertiary alicyclic amines) is 2. The lowest BCUT2D eigenvalue weighted by molar-refractivity contribution is -0.00556. The number of urea groups is 1. The van der Waals surface area contributed by atoms with Crippen molar-refractivity contribution in [3.8, 4) is 18.0 Å². The summed E-state index contributed by atoms with van der Waals surface area (Å²) >= 11 is 0. The van der Waals surface area contributed by atoms with Gasteiger partial charge in [0.15, 0.2) is 6.19 Å². The molecule has 3 atom stereocenters. The Morgan fingerprint density at radius 1 is 1.15 bits per heavy atom. The molecule has 2 aliphatic heterocycles. The van der Waals surface area contributed by atoms with E-state index in [4.69, 9.17) is 15.3 Å². The second-order valence-corrected chi connectivity index (χ2v) is 8.93. The highest BCUT2D eigenvalue weighted by atomic mass is 16.5. The van der Waals surface area contributed by atoms with Crippen LogP contribution in [-0.2, 0) is 5.41 Å². The first-order valence-corrected chi connectivity index (χ1v) is 11.0. The molecular formula is C25H27N5O3. The van der Waals surface area contributed by atoms with Crippen LogP contribution in [0, 0.1) is 28.7 Å². The fraction of sp³-hybridized carbons (Fsp3) is 0.400. The summed E-state index contributed by atoms with van der Waals surface area (Å²) in [7, 11) is 0. The molecule has 3 unspecified atom stereocenters. The van der Waals surface area contributed by atoms with Crippen molar-refractivity contribution in [1.29, 1.82) is 10.5 Å². The van der Waals surface area contributed by atoms with E-state index < -0.39 is 6.10 Å². The van der Waals surface area contributed by atoms with Crippen molar-refractivity contribution in [1.82, 2.24) is 15.1 Å². The van der Waals surface area contributed by atoms with E-state index in [0.717, 1.165) is 18.5 Å². The molecule has 2 aliphatic rings. The van der Waals surface area contributed by atoms with Crippen LogP contribution in [0.1, 0.15) is 17.5 Å². The van der Waals surface area contributed by atoms with E-state index in [1.54, 1.807) is 35.4 Å². The summed E-state index contributed by atoms with van der Waals surface area (Å²) < 4.78 is 5.71. The van der Waals surface area contributed by atoms with E-state index in [2.05, 4.69) is 28.4 Å². The second kappa shape index (κ2) is 9.91. The van der Waals surface area contributed by atoms with Gasteiger partial charge >= 0.3 is 6.03 Å². The number of aliphatic hydroxyl groups is 1. The third kappa shape index (κ3) is 5.25. The van der Waals surface area contributed by atoms with Gasteiger partial charge in [0.25, 0.3) is 0 Å². The van der Waals surface area contributed by atoms with E-state index >= 15 is 0 Å². The minimum atomic E-state index is -0.676. The first-order chi connectivity index (χ1) is 16.0. The van der Waals surface area contributed by atoms with Crippen molar-refractivity contribution in [3.63, 3.8) is 0 Å². The van der Waals surface area contributed by atoms with Crippen molar-refractivity contribution in [2.24, 2.45) is 5.92 Å². The predicted octanol–water partition coefficient (Wildman–Crippen LogP) is 2.06.